The number of amides is 1. The predicted octanol–water partition coefficient (Wildman–Crippen LogP) is 0.424. The molecule has 0 spiro atoms. The number of carbonyl (C=O) groups is 2. The van der Waals surface area contributed by atoms with Crippen molar-refractivity contribution in [2.24, 2.45) is 0 Å². The fraction of sp³-hybridized carbons (Fsp3) is 0.111. The molecule has 0 heterocycles. The lowest BCUT2D eigenvalue weighted by Crippen LogP contribution is -2.22. The van der Waals surface area contributed by atoms with Gasteiger partial charge in [0.1, 0.15) is 0 Å². The average molecular weight is 304 g/mol. The maximum atomic E-state index is 11.0. The first-order valence-electron chi connectivity index (χ1n) is 3.80. The first-order chi connectivity index (χ1) is 6.63. The molecule has 1 N–H and O–H groups in total. The third kappa shape index (κ3) is 2.99. The van der Waals surface area contributed by atoms with Gasteiger partial charge in [0.25, 0.3) is 0 Å². The molecule has 0 aliphatic heterocycles. The molecule has 1 rings (SSSR count). The van der Waals surface area contributed by atoms with Crippen LogP contribution in [0.4, 0.5) is 5.69 Å². The molecule has 1 amide bonds. The van der Waals surface area contributed by atoms with Gasteiger partial charge in [-0.3, -0.25) is 4.79 Å². The van der Waals surface area contributed by atoms with Crippen molar-refractivity contribution in [3.63, 3.8) is 0 Å². The highest BCUT2D eigenvalue weighted by Crippen LogP contribution is 2.08. The van der Waals surface area contributed by atoms with Crippen LogP contribution in [-0.2, 0) is 4.79 Å². The highest BCUT2D eigenvalue weighted by Gasteiger charge is 1.99. The molecule has 5 heteroatoms. The van der Waals surface area contributed by atoms with E-state index in [1.807, 2.05) is 22.6 Å². The smallest absolute Gasteiger partial charge is 0.234 e. The molecular formula is C9H7INO3-. The zero-order chi connectivity index (χ0) is 10.6. The molecule has 0 fully saturated rings. The summed E-state index contributed by atoms with van der Waals surface area (Å²) >= 11 is 1.94. The molecule has 0 aliphatic carbocycles. The Morgan fingerprint density at radius 1 is 1.29 bits per heavy atom. The van der Waals surface area contributed by atoms with E-state index in [9.17, 15) is 14.7 Å². The zero-order valence-electron chi connectivity index (χ0n) is 7.12. The lowest BCUT2D eigenvalue weighted by molar-refractivity contribution is -0.255. The van der Waals surface area contributed by atoms with Crippen LogP contribution in [0.25, 0.3) is 0 Å². The minimum atomic E-state index is -1.23. The SMILES string of the molecule is O=C(CI)Nc1ccc(C(=O)[O-])cc1. The number of rotatable bonds is 3. The van der Waals surface area contributed by atoms with Crippen LogP contribution in [0, 0.1) is 0 Å². The Labute approximate surface area is 94.5 Å². The van der Waals surface area contributed by atoms with E-state index in [0.29, 0.717) is 10.1 Å². The van der Waals surface area contributed by atoms with Crippen LogP contribution in [-0.4, -0.2) is 16.3 Å². The fourth-order valence-corrected chi connectivity index (χ4v) is 1.07. The number of aromatic carboxylic acids is 1. The first-order valence-corrected chi connectivity index (χ1v) is 5.33. The second kappa shape index (κ2) is 4.94. The molecule has 0 saturated carbocycles. The summed E-state index contributed by atoms with van der Waals surface area (Å²) < 4.78 is 0.361. The number of alkyl halides is 1. The van der Waals surface area contributed by atoms with Crippen molar-refractivity contribution in [1.82, 2.24) is 0 Å². The number of carbonyl (C=O) groups excluding carboxylic acids is 2. The van der Waals surface area contributed by atoms with Crippen LogP contribution < -0.4 is 10.4 Å². The van der Waals surface area contributed by atoms with Gasteiger partial charge in [0.05, 0.1) is 10.4 Å². The van der Waals surface area contributed by atoms with Crippen molar-refractivity contribution in [2.75, 3.05) is 9.74 Å². The van der Waals surface area contributed by atoms with Gasteiger partial charge in [0.2, 0.25) is 5.91 Å². The average Bonchev–Trinajstić information content (AvgIpc) is 2.18. The molecule has 0 atom stereocenters. The Balaban J connectivity index is 2.73. The van der Waals surface area contributed by atoms with E-state index in [0.717, 1.165) is 0 Å². The van der Waals surface area contributed by atoms with Crippen molar-refractivity contribution in [1.29, 1.82) is 0 Å². The fourth-order valence-electron chi connectivity index (χ4n) is 0.884. The maximum absolute atomic E-state index is 11.0. The largest absolute Gasteiger partial charge is 0.545 e. The van der Waals surface area contributed by atoms with E-state index in [1.54, 1.807) is 0 Å². The van der Waals surface area contributed by atoms with Crippen LogP contribution in [0.2, 0.25) is 0 Å². The Bertz CT molecular complexity index is 348. The summed E-state index contributed by atoms with van der Waals surface area (Å²) in [6, 6.07) is 5.82. The van der Waals surface area contributed by atoms with Gasteiger partial charge in [-0.2, -0.15) is 0 Å². The van der Waals surface area contributed by atoms with Gasteiger partial charge in [-0.25, -0.2) is 0 Å². The molecule has 1 aromatic rings. The molecule has 4 nitrogen and oxygen atoms in total. The zero-order valence-corrected chi connectivity index (χ0v) is 9.28. The van der Waals surface area contributed by atoms with Gasteiger partial charge in [-0.15, -0.1) is 0 Å². The standard InChI is InChI=1S/C9H8INO3/c10-5-8(12)11-7-3-1-6(2-4-7)9(13)14/h1-4H,5H2,(H,11,12)(H,13,14)/p-1. The number of carboxylic acids is 1. The monoisotopic (exact) mass is 304 g/mol. The maximum Gasteiger partial charge on any atom is 0.234 e. The molecule has 0 radical (unpaired) electrons. The van der Waals surface area contributed by atoms with Crippen molar-refractivity contribution >= 4 is 40.2 Å². The summed E-state index contributed by atoms with van der Waals surface area (Å²) in [4.78, 5) is 21.3. The van der Waals surface area contributed by atoms with Gasteiger partial charge >= 0.3 is 0 Å². The van der Waals surface area contributed by atoms with Crippen molar-refractivity contribution in [2.45, 2.75) is 0 Å². The van der Waals surface area contributed by atoms with E-state index in [2.05, 4.69) is 5.32 Å². The molecule has 0 aromatic heterocycles. The number of hydrogen-bond acceptors (Lipinski definition) is 3. The molecule has 14 heavy (non-hydrogen) atoms. The van der Waals surface area contributed by atoms with Gasteiger partial charge in [0, 0.05) is 5.69 Å². The van der Waals surface area contributed by atoms with Gasteiger partial charge in [0.15, 0.2) is 0 Å². The number of hydrogen-bond donors (Lipinski definition) is 1. The molecule has 1 aromatic carbocycles. The minimum Gasteiger partial charge on any atom is -0.545 e. The van der Waals surface area contributed by atoms with Crippen LogP contribution in [0.3, 0.4) is 0 Å². The molecule has 0 aliphatic rings. The summed E-state index contributed by atoms with van der Waals surface area (Å²) in [5, 5.41) is 13.0. The normalized spacial score (nSPS) is 9.50. The first kappa shape index (κ1) is 11.0. The molecular weight excluding hydrogens is 297 g/mol. The van der Waals surface area contributed by atoms with Crippen LogP contribution in [0.1, 0.15) is 10.4 Å². The second-order valence-electron chi connectivity index (χ2n) is 2.55. The third-order valence-electron chi connectivity index (χ3n) is 1.53. The van der Waals surface area contributed by atoms with Crippen LogP contribution in [0.15, 0.2) is 24.3 Å². The van der Waals surface area contributed by atoms with E-state index in [4.69, 9.17) is 0 Å². The number of benzene rings is 1. The number of anilines is 1. The van der Waals surface area contributed by atoms with Crippen molar-refractivity contribution in [3.8, 4) is 0 Å². The highest BCUT2D eigenvalue weighted by atomic mass is 127. The second-order valence-corrected chi connectivity index (χ2v) is 3.31. The van der Waals surface area contributed by atoms with E-state index in [-0.39, 0.29) is 11.5 Å². The van der Waals surface area contributed by atoms with Gasteiger partial charge in [-0.05, 0) is 17.7 Å². The van der Waals surface area contributed by atoms with E-state index < -0.39 is 5.97 Å². The Kier molecular flexibility index (Phi) is 3.87. The molecule has 0 bridgehead atoms. The molecule has 74 valence electrons. The Hall–Kier alpha value is -1.11. The Morgan fingerprint density at radius 2 is 1.86 bits per heavy atom. The topological polar surface area (TPSA) is 69.2 Å². The van der Waals surface area contributed by atoms with Crippen LogP contribution in [0.5, 0.6) is 0 Å². The molecule has 0 saturated heterocycles. The number of carboxylic acid groups (broad SMARTS) is 1. The van der Waals surface area contributed by atoms with Crippen molar-refractivity contribution in [3.05, 3.63) is 29.8 Å². The van der Waals surface area contributed by atoms with Gasteiger partial charge < -0.3 is 15.2 Å². The van der Waals surface area contributed by atoms with E-state index in [1.165, 1.54) is 24.3 Å². The number of nitrogens with one attached hydrogen (secondary N) is 1. The third-order valence-corrected chi connectivity index (χ3v) is 2.22. The van der Waals surface area contributed by atoms with Crippen molar-refractivity contribution < 1.29 is 14.7 Å². The lowest BCUT2D eigenvalue weighted by atomic mass is 10.2. The summed E-state index contributed by atoms with van der Waals surface area (Å²) in [5.41, 5.74) is 0.675. The highest BCUT2D eigenvalue weighted by molar-refractivity contribution is 14.1. The lowest BCUT2D eigenvalue weighted by Gasteiger charge is -2.05. The summed E-state index contributed by atoms with van der Waals surface area (Å²) in [5.74, 6) is -1.34. The number of halogens is 1. The summed E-state index contributed by atoms with van der Waals surface area (Å²) in [6.45, 7) is 0. The predicted molar refractivity (Wildman–Crippen MR) is 58.3 cm³/mol. The quantitative estimate of drug-likeness (QED) is 0.650. The Morgan fingerprint density at radius 3 is 2.29 bits per heavy atom. The van der Waals surface area contributed by atoms with Crippen LogP contribution >= 0.6 is 22.6 Å². The molecule has 0 unspecified atom stereocenters. The van der Waals surface area contributed by atoms with Gasteiger partial charge in [-0.1, -0.05) is 34.7 Å². The summed E-state index contributed by atoms with van der Waals surface area (Å²) in [7, 11) is 0. The van der Waals surface area contributed by atoms with E-state index >= 15 is 0 Å². The summed E-state index contributed by atoms with van der Waals surface area (Å²) in [6.07, 6.45) is 0. The minimum absolute atomic E-state index is 0.0949.